The molecule has 2 atom stereocenters. The van der Waals surface area contributed by atoms with E-state index >= 15 is 0 Å². The van der Waals surface area contributed by atoms with Crippen LogP contribution in [0.4, 0.5) is 0 Å². The summed E-state index contributed by atoms with van der Waals surface area (Å²) < 4.78 is 0. The van der Waals surface area contributed by atoms with Crippen LogP contribution >= 0.6 is 0 Å². The van der Waals surface area contributed by atoms with E-state index < -0.39 is 5.92 Å². The number of hydrogen-bond acceptors (Lipinski definition) is 3. The molecule has 0 aliphatic heterocycles. The molecule has 0 spiro atoms. The zero-order valence-electron chi connectivity index (χ0n) is 11.5. The van der Waals surface area contributed by atoms with Crippen LogP contribution in [-0.4, -0.2) is 23.3 Å². The summed E-state index contributed by atoms with van der Waals surface area (Å²) in [6, 6.07) is 0. The van der Waals surface area contributed by atoms with Crippen LogP contribution < -0.4 is 0 Å². The number of aliphatic hydroxyl groups is 1. The van der Waals surface area contributed by atoms with Crippen molar-refractivity contribution in [2.45, 2.75) is 52.4 Å². The Balaban J connectivity index is 2.90. The number of allylic oxidation sites excluding steroid dienone is 1. The van der Waals surface area contributed by atoms with Crippen molar-refractivity contribution in [2.24, 2.45) is 11.3 Å². The average molecular weight is 252 g/mol. The lowest BCUT2D eigenvalue weighted by atomic mass is 9.63. The molecule has 0 bridgehead atoms. The topological polar surface area (TPSA) is 54.4 Å². The van der Waals surface area contributed by atoms with Gasteiger partial charge in [0.15, 0.2) is 0 Å². The van der Waals surface area contributed by atoms with Gasteiger partial charge in [0.05, 0.1) is 5.92 Å². The molecule has 1 fully saturated rings. The fourth-order valence-electron chi connectivity index (χ4n) is 3.20. The molecule has 0 radical (unpaired) electrons. The van der Waals surface area contributed by atoms with Crippen molar-refractivity contribution in [3.05, 3.63) is 12.2 Å². The van der Waals surface area contributed by atoms with Crippen molar-refractivity contribution < 1.29 is 14.7 Å². The number of rotatable bonds is 6. The van der Waals surface area contributed by atoms with Crippen LogP contribution in [0.1, 0.15) is 52.4 Å². The molecule has 1 rings (SSSR count). The van der Waals surface area contributed by atoms with Crippen LogP contribution in [0.15, 0.2) is 12.2 Å². The Labute approximate surface area is 109 Å². The first-order chi connectivity index (χ1) is 8.49. The smallest absolute Gasteiger partial charge is 0.147 e. The number of hydrogen-bond donors (Lipinski definition) is 1. The minimum Gasteiger partial charge on any atom is -0.396 e. The highest BCUT2D eigenvalue weighted by Crippen LogP contribution is 2.45. The number of aliphatic hydroxyl groups excluding tert-OH is 1. The molecule has 0 aromatic carbocycles. The van der Waals surface area contributed by atoms with Crippen molar-refractivity contribution in [3.63, 3.8) is 0 Å². The summed E-state index contributed by atoms with van der Waals surface area (Å²) in [6.45, 7) is 7.90. The Morgan fingerprint density at radius 3 is 2.50 bits per heavy atom. The molecule has 0 heterocycles. The summed E-state index contributed by atoms with van der Waals surface area (Å²) in [4.78, 5) is 24.0. The second kappa shape index (κ2) is 6.28. The fraction of sp³-hybridized carbons (Fsp3) is 0.733. The standard InChI is InChI=1S/C15H24O3/c1-4-6-15(7-8-16)9-11(3)14(12(17)5-2)13(18)10-15/h14,16H,3-10H2,1-2H3. The normalized spacial score (nSPS) is 28.5. The minimum absolute atomic E-state index is 0.000000000000000444. The third-order valence-corrected chi connectivity index (χ3v) is 3.97. The van der Waals surface area contributed by atoms with Gasteiger partial charge in [-0.1, -0.05) is 32.4 Å². The Morgan fingerprint density at radius 2 is 2.06 bits per heavy atom. The predicted octanol–water partition coefficient (Wildman–Crippen LogP) is 2.67. The van der Waals surface area contributed by atoms with E-state index in [4.69, 9.17) is 0 Å². The maximum Gasteiger partial charge on any atom is 0.147 e. The Morgan fingerprint density at radius 1 is 1.39 bits per heavy atom. The lowest BCUT2D eigenvalue weighted by molar-refractivity contribution is -0.134. The highest BCUT2D eigenvalue weighted by Gasteiger charge is 2.43. The molecule has 1 aliphatic carbocycles. The molecule has 18 heavy (non-hydrogen) atoms. The van der Waals surface area contributed by atoms with Gasteiger partial charge in [-0.15, -0.1) is 0 Å². The highest BCUT2D eigenvalue weighted by molar-refractivity contribution is 6.06. The molecule has 0 aromatic heterocycles. The van der Waals surface area contributed by atoms with E-state index in [2.05, 4.69) is 13.5 Å². The number of carbonyl (C=O) groups is 2. The lowest BCUT2D eigenvalue weighted by Gasteiger charge is -2.40. The Hall–Kier alpha value is -0.960. The van der Waals surface area contributed by atoms with Gasteiger partial charge >= 0.3 is 0 Å². The predicted molar refractivity (Wildman–Crippen MR) is 71.2 cm³/mol. The van der Waals surface area contributed by atoms with E-state index in [0.29, 0.717) is 25.7 Å². The fourth-order valence-corrected chi connectivity index (χ4v) is 3.20. The van der Waals surface area contributed by atoms with E-state index in [1.165, 1.54) is 0 Å². The molecule has 3 nitrogen and oxygen atoms in total. The first-order valence-electron chi connectivity index (χ1n) is 6.83. The summed E-state index contributed by atoms with van der Waals surface area (Å²) in [6.07, 6.45) is 4.01. The second-order valence-electron chi connectivity index (χ2n) is 5.45. The molecule has 1 aliphatic rings. The quantitative estimate of drug-likeness (QED) is 0.584. The van der Waals surface area contributed by atoms with Gasteiger partial charge in [-0.25, -0.2) is 0 Å². The lowest BCUT2D eigenvalue weighted by Crippen LogP contribution is -2.39. The molecule has 2 unspecified atom stereocenters. The zero-order chi connectivity index (χ0) is 13.8. The van der Waals surface area contributed by atoms with Crippen LogP contribution in [0.25, 0.3) is 0 Å². The molecule has 0 amide bonds. The summed E-state index contributed by atoms with van der Waals surface area (Å²) in [5.74, 6) is -0.599. The van der Waals surface area contributed by atoms with Gasteiger partial charge < -0.3 is 5.11 Å². The first kappa shape index (κ1) is 15.1. The highest BCUT2D eigenvalue weighted by atomic mass is 16.3. The molecule has 0 saturated heterocycles. The van der Waals surface area contributed by atoms with E-state index in [0.717, 1.165) is 18.4 Å². The monoisotopic (exact) mass is 252 g/mol. The minimum atomic E-state index is -0.585. The van der Waals surface area contributed by atoms with Crippen molar-refractivity contribution in [1.82, 2.24) is 0 Å². The van der Waals surface area contributed by atoms with E-state index in [1.54, 1.807) is 6.92 Å². The largest absolute Gasteiger partial charge is 0.396 e. The molecular formula is C15H24O3. The number of ketones is 2. The number of carbonyl (C=O) groups excluding carboxylic acids is 2. The zero-order valence-corrected chi connectivity index (χ0v) is 11.5. The Bertz CT molecular complexity index is 318. The molecule has 1 N–H and O–H groups in total. The van der Waals surface area contributed by atoms with Gasteiger partial charge in [-0.3, -0.25) is 9.59 Å². The van der Waals surface area contributed by atoms with Crippen LogP contribution in [0.3, 0.4) is 0 Å². The first-order valence-corrected chi connectivity index (χ1v) is 6.83. The van der Waals surface area contributed by atoms with Gasteiger partial charge in [-0.2, -0.15) is 0 Å². The van der Waals surface area contributed by atoms with E-state index in [9.17, 15) is 14.7 Å². The molecule has 102 valence electrons. The second-order valence-corrected chi connectivity index (χ2v) is 5.45. The Kier molecular flexibility index (Phi) is 5.27. The summed E-state index contributed by atoms with van der Waals surface area (Å²) in [7, 11) is 0. The van der Waals surface area contributed by atoms with Crippen molar-refractivity contribution in [2.75, 3.05) is 6.61 Å². The summed E-state index contributed by atoms with van der Waals surface area (Å²) in [5, 5.41) is 9.20. The molecule has 0 aromatic rings. The summed E-state index contributed by atoms with van der Waals surface area (Å²) in [5.41, 5.74) is 0.586. The van der Waals surface area contributed by atoms with Crippen molar-refractivity contribution in [1.29, 1.82) is 0 Å². The van der Waals surface area contributed by atoms with Gasteiger partial charge in [0.25, 0.3) is 0 Å². The van der Waals surface area contributed by atoms with Gasteiger partial charge in [0.2, 0.25) is 0 Å². The number of Topliss-reactive ketones (excluding diaryl/α,β-unsaturated/α-hetero) is 2. The van der Waals surface area contributed by atoms with E-state index in [1.807, 2.05) is 0 Å². The molecular weight excluding hydrogens is 228 g/mol. The average Bonchev–Trinajstić information content (AvgIpc) is 2.28. The summed E-state index contributed by atoms with van der Waals surface area (Å²) >= 11 is 0. The van der Waals surface area contributed by atoms with Crippen molar-refractivity contribution >= 4 is 11.6 Å². The van der Waals surface area contributed by atoms with Gasteiger partial charge in [0, 0.05) is 19.4 Å². The van der Waals surface area contributed by atoms with Crippen LogP contribution in [0.5, 0.6) is 0 Å². The van der Waals surface area contributed by atoms with Crippen LogP contribution in [0, 0.1) is 11.3 Å². The SMILES string of the molecule is C=C1CC(CCC)(CCO)CC(=O)C1C(=O)CC. The van der Waals surface area contributed by atoms with Gasteiger partial charge in [-0.05, 0) is 24.7 Å². The third-order valence-electron chi connectivity index (χ3n) is 3.97. The van der Waals surface area contributed by atoms with Crippen LogP contribution in [-0.2, 0) is 9.59 Å². The maximum atomic E-state index is 12.2. The van der Waals surface area contributed by atoms with E-state index in [-0.39, 0.29) is 23.6 Å². The van der Waals surface area contributed by atoms with Crippen LogP contribution in [0.2, 0.25) is 0 Å². The van der Waals surface area contributed by atoms with Crippen molar-refractivity contribution in [3.8, 4) is 0 Å². The maximum absolute atomic E-state index is 12.2. The molecule has 1 saturated carbocycles. The van der Waals surface area contributed by atoms with Gasteiger partial charge in [0.1, 0.15) is 11.6 Å². The molecule has 3 heteroatoms. The third kappa shape index (κ3) is 3.08.